The summed E-state index contributed by atoms with van der Waals surface area (Å²) in [4.78, 5) is 19.5. The first-order chi connectivity index (χ1) is 12.8. The molecule has 0 aliphatic rings. The molecule has 0 atom stereocenters. The second-order valence-electron chi connectivity index (χ2n) is 5.79. The first-order valence-electron chi connectivity index (χ1n) is 8.31. The topological polar surface area (TPSA) is 98.1 Å². The van der Waals surface area contributed by atoms with Gasteiger partial charge in [-0.05, 0) is 24.6 Å². The quantitative estimate of drug-likeness (QED) is 0.591. The Morgan fingerprint density at radius 3 is 2.88 bits per heavy atom. The van der Waals surface area contributed by atoms with Crippen LogP contribution in [0.5, 0.6) is 0 Å². The van der Waals surface area contributed by atoms with Crippen LogP contribution in [0, 0.1) is 0 Å². The minimum Gasteiger partial charge on any atom is -0.382 e. The van der Waals surface area contributed by atoms with Crippen molar-refractivity contribution in [3.8, 4) is 11.3 Å². The van der Waals surface area contributed by atoms with Crippen molar-refractivity contribution in [1.29, 1.82) is 0 Å². The fourth-order valence-corrected chi connectivity index (χ4v) is 2.87. The Hall–Kier alpha value is -3.55. The van der Waals surface area contributed by atoms with Gasteiger partial charge < -0.3 is 10.6 Å². The lowest BCUT2D eigenvalue weighted by atomic mass is 10.2. The van der Waals surface area contributed by atoms with Crippen LogP contribution in [-0.4, -0.2) is 36.1 Å². The van der Waals surface area contributed by atoms with Crippen LogP contribution >= 0.6 is 0 Å². The van der Waals surface area contributed by atoms with Crippen molar-refractivity contribution in [3.05, 3.63) is 60.9 Å². The van der Waals surface area contributed by atoms with Gasteiger partial charge in [0.05, 0.1) is 11.3 Å². The van der Waals surface area contributed by atoms with Crippen molar-refractivity contribution in [2.75, 3.05) is 17.2 Å². The predicted molar refractivity (Wildman–Crippen MR) is 99.4 cm³/mol. The summed E-state index contributed by atoms with van der Waals surface area (Å²) in [6.45, 7) is 3.60. The van der Waals surface area contributed by atoms with Crippen LogP contribution in [0.3, 0.4) is 0 Å². The molecule has 2 N–H and O–H groups in total. The number of aromatic nitrogens is 6. The Morgan fingerprint density at radius 2 is 2.08 bits per heavy atom. The highest BCUT2D eigenvalue weighted by molar-refractivity contribution is 5.84. The number of pyridine rings is 1. The van der Waals surface area contributed by atoms with Crippen LogP contribution in [0.2, 0.25) is 0 Å². The van der Waals surface area contributed by atoms with Gasteiger partial charge in [-0.3, -0.25) is 4.98 Å². The molecule has 0 bridgehead atoms. The van der Waals surface area contributed by atoms with Gasteiger partial charge in [0.2, 0.25) is 0 Å². The summed E-state index contributed by atoms with van der Waals surface area (Å²) in [7, 11) is 0. The maximum absolute atomic E-state index is 6.11. The Labute approximate surface area is 150 Å². The zero-order valence-electron chi connectivity index (χ0n) is 14.3. The monoisotopic (exact) mass is 346 g/mol. The number of nitrogens with zero attached hydrogens (tertiary/aromatic N) is 7. The van der Waals surface area contributed by atoms with E-state index in [9.17, 15) is 0 Å². The van der Waals surface area contributed by atoms with Crippen LogP contribution in [0.4, 0.5) is 11.6 Å². The lowest BCUT2D eigenvalue weighted by molar-refractivity contribution is 0.807. The molecule has 0 fully saturated rings. The van der Waals surface area contributed by atoms with Crippen LogP contribution < -0.4 is 10.6 Å². The van der Waals surface area contributed by atoms with Crippen molar-refractivity contribution in [3.63, 3.8) is 0 Å². The minimum absolute atomic E-state index is 0.392. The molecule has 0 amide bonds. The van der Waals surface area contributed by atoms with E-state index in [1.807, 2.05) is 30.6 Å². The second kappa shape index (κ2) is 6.75. The standard InChI is InChI=1S/C18H18N8/c1-2-25(11-13-5-3-6-20-10-13)15-9-14(22-12-23-15)16-17(19)24-26-8-4-7-21-18(16)26/h3-10,12H,2,11H2,1H3,(H2,19,24). The van der Waals surface area contributed by atoms with Crippen molar-refractivity contribution in [2.24, 2.45) is 0 Å². The van der Waals surface area contributed by atoms with E-state index in [0.717, 1.165) is 17.9 Å². The van der Waals surface area contributed by atoms with E-state index in [0.29, 0.717) is 29.3 Å². The number of hydrogen-bond donors (Lipinski definition) is 1. The Kier molecular flexibility index (Phi) is 4.14. The highest BCUT2D eigenvalue weighted by Gasteiger charge is 2.16. The van der Waals surface area contributed by atoms with Gasteiger partial charge in [0.25, 0.3) is 0 Å². The Morgan fingerprint density at radius 1 is 1.15 bits per heavy atom. The predicted octanol–water partition coefficient (Wildman–Crippen LogP) is 2.19. The van der Waals surface area contributed by atoms with E-state index in [1.165, 1.54) is 0 Å². The van der Waals surface area contributed by atoms with Gasteiger partial charge in [0, 0.05) is 43.9 Å². The average Bonchev–Trinajstić information content (AvgIpc) is 3.02. The van der Waals surface area contributed by atoms with Gasteiger partial charge in [0.1, 0.15) is 12.1 Å². The van der Waals surface area contributed by atoms with Crippen molar-refractivity contribution in [1.82, 2.24) is 29.5 Å². The van der Waals surface area contributed by atoms with Gasteiger partial charge in [-0.2, -0.15) is 0 Å². The molecule has 8 nitrogen and oxygen atoms in total. The first kappa shape index (κ1) is 15.9. The molecule has 0 unspecified atom stereocenters. The summed E-state index contributed by atoms with van der Waals surface area (Å²) in [6.07, 6.45) is 8.69. The van der Waals surface area contributed by atoms with Crippen LogP contribution in [0.15, 0.2) is 55.4 Å². The van der Waals surface area contributed by atoms with Gasteiger partial charge in [-0.25, -0.2) is 19.5 Å². The number of anilines is 2. The molecule has 4 aromatic heterocycles. The van der Waals surface area contributed by atoms with Crippen molar-refractivity contribution < 1.29 is 0 Å². The molecule has 4 rings (SSSR count). The number of nitrogen functional groups attached to an aromatic ring is 1. The summed E-state index contributed by atoms with van der Waals surface area (Å²) >= 11 is 0. The van der Waals surface area contributed by atoms with Gasteiger partial charge in [-0.1, -0.05) is 6.07 Å². The fourth-order valence-electron chi connectivity index (χ4n) is 2.87. The van der Waals surface area contributed by atoms with E-state index in [1.54, 1.807) is 29.3 Å². The normalized spacial score (nSPS) is 11.0. The third-order valence-corrected chi connectivity index (χ3v) is 4.13. The highest BCUT2D eigenvalue weighted by atomic mass is 15.3. The van der Waals surface area contributed by atoms with Crippen LogP contribution in [0.25, 0.3) is 16.9 Å². The van der Waals surface area contributed by atoms with Gasteiger partial charge in [0.15, 0.2) is 11.5 Å². The maximum Gasteiger partial charge on any atom is 0.166 e. The third-order valence-electron chi connectivity index (χ3n) is 4.13. The maximum atomic E-state index is 6.11. The number of rotatable bonds is 5. The van der Waals surface area contributed by atoms with Crippen LogP contribution in [0.1, 0.15) is 12.5 Å². The summed E-state index contributed by atoms with van der Waals surface area (Å²) in [5.41, 5.74) is 9.32. The molecule has 130 valence electrons. The van der Waals surface area contributed by atoms with E-state index in [4.69, 9.17) is 5.73 Å². The molecule has 4 aromatic rings. The third kappa shape index (κ3) is 2.92. The summed E-state index contributed by atoms with van der Waals surface area (Å²) < 4.78 is 1.65. The summed E-state index contributed by atoms with van der Waals surface area (Å²) in [5, 5.41) is 4.30. The molecule has 4 heterocycles. The number of nitrogens with two attached hydrogens (primary N) is 1. The molecule has 26 heavy (non-hydrogen) atoms. The smallest absolute Gasteiger partial charge is 0.166 e. The zero-order valence-corrected chi connectivity index (χ0v) is 14.3. The van der Waals surface area contributed by atoms with Gasteiger partial charge >= 0.3 is 0 Å². The minimum atomic E-state index is 0.392. The van der Waals surface area contributed by atoms with Crippen LogP contribution in [-0.2, 0) is 6.54 Å². The molecule has 0 aromatic carbocycles. The number of fused-ring (bicyclic) bond motifs is 1. The lowest BCUT2D eigenvalue weighted by Gasteiger charge is -2.22. The molecule has 0 radical (unpaired) electrons. The molecule has 0 saturated carbocycles. The molecular weight excluding hydrogens is 328 g/mol. The fraction of sp³-hybridized carbons (Fsp3) is 0.167. The molecular formula is C18H18N8. The Bertz CT molecular complexity index is 1030. The highest BCUT2D eigenvalue weighted by Crippen LogP contribution is 2.29. The SMILES string of the molecule is CCN(Cc1cccnc1)c1cc(-c2c(N)nn3cccnc23)ncn1. The second-order valence-corrected chi connectivity index (χ2v) is 5.79. The summed E-state index contributed by atoms with van der Waals surface area (Å²) in [6, 6.07) is 7.70. The largest absolute Gasteiger partial charge is 0.382 e. The molecule has 8 heteroatoms. The molecule has 0 spiro atoms. The van der Waals surface area contributed by atoms with Crippen molar-refractivity contribution >= 4 is 17.3 Å². The molecule has 0 aliphatic carbocycles. The van der Waals surface area contributed by atoms with E-state index in [2.05, 4.69) is 36.9 Å². The zero-order chi connectivity index (χ0) is 17.9. The van der Waals surface area contributed by atoms with E-state index >= 15 is 0 Å². The number of hydrogen-bond acceptors (Lipinski definition) is 7. The molecule has 0 saturated heterocycles. The van der Waals surface area contributed by atoms with E-state index < -0.39 is 0 Å². The first-order valence-corrected chi connectivity index (χ1v) is 8.31. The average molecular weight is 346 g/mol. The van der Waals surface area contributed by atoms with E-state index in [-0.39, 0.29) is 0 Å². The van der Waals surface area contributed by atoms with Crippen molar-refractivity contribution in [2.45, 2.75) is 13.5 Å². The molecule has 0 aliphatic heterocycles. The Balaban J connectivity index is 1.73. The lowest BCUT2D eigenvalue weighted by Crippen LogP contribution is -2.23. The summed E-state index contributed by atoms with van der Waals surface area (Å²) in [5.74, 6) is 1.21. The van der Waals surface area contributed by atoms with Gasteiger partial charge in [-0.15, -0.1) is 5.10 Å².